The molecule has 0 saturated heterocycles. The second kappa shape index (κ2) is 5.14. The summed E-state index contributed by atoms with van der Waals surface area (Å²) in [6.07, 6.45) is 0.870. The molecule has 0 fully saturated rings. The van der Waals surface area contributed by atoms with Crippen molar-refractivity contribution < 1.29 is 4.79 Å². The van der Waals surface area contributed by atoms with Crippen molar-refractivity contribution in [3.8, 4) is 0 Å². The minimum absolute atomic E-state index is 0.0862. The monoisotopic (exact) mass is 172 g/mol. The molecule has 0 aromatic rings. The Morgan fingerprint density at radius 3 is 2.25 bits per heavy atom. The molecule has 0 aromatic heterocycles. The number of carbonyl (C=O) groups is 1. The van der Waals surface area contributed by atoms with E-state index in [2.05, 4.69) is 0 Å². The molecule has 3 nitrogen and oxygen atoms in total. The van der Waals surface area contributed by atoms with Crippen LogP contribution >= 0.6 is 0 Å². The Bertz CT molecular complexity index is 143. The van der Waals surface area contributed by atoms with Crippen LogP contribution in [0.15, 0.2) is 0 Å². The summed E-state index contributed by atoms with van der Waals surface area (Å²) in [4.78, 5) is 13.1. The van der Waals surface area contributed by atoms with Gasteiger partial charge in [0, 0.05) is 25.6 Å². The summed E-state index contributed by atoms with van der Waals surface area (Å²) in [5.41, 5.74) is 5.58. The minimum atomic E-state index is 0.0862. The Morgan fingerprint density at radius 1 is 1.42 bits per heavy atom. The number of hydrogen-bond acceptors (Lipinski definition) is 2. The van der Waals surface area contributed by atoms with Crippen LogP contribution in [0.25, 0.3) is 0 Å². The fourth-order valence-electron chi connectivity index (χ4n) is 0.948. The van der Waals surface area contributed by atoms with Crippen molar-refractivity contribution in [1.29, 1.82) is 0 Å². The maximum absolute atomic E-state index is 11.3. The summed E-state index contributed by atoms with van der Waals surface area (Å²) in [7, 11) is 1.82. The van der Waals surface area contributed by atoms with Crippen LogP contribution in [-0.4, -0.2) is 30.4 Å². The van der Waals surface area contributed by atoms with E-state index in [1.165, 1.54) is 0 Å². The predicted molar refractivity (Wildman–Crippen MR) is 50.7 cm³/mol. The molecule has 0 saturated carbocycles. The van der Waals surface area contributed by atoms with Gasteiger partial charge in [0.15, 0.2) is 0 Å². The fourth-order valence-corrected chi connectivity index (χ4v) is 0.948. The lowest BCUT2D eigenvalue weighted by Crippen LogP contribution is -2.33. The van der Waals surface area contributed by atoms with Gasteiger partial charge in [-0.15, -0.1) is 0 Å². The van der Waals surface area contributed by atoms with Gasteiger partial charge in [0.05, 0.1) is 0 Å². The SMILES string of the molecule is CC(N)CCN(C)C(=O)C(C)C. The number of amides is 1. The Hall–Kier alpha value is -0.570. The van der Waals surface area contributed by atoms with E-state index >= 15 is 0 Å². The van der Waals surface area contributed by atoms with E-state index in [1.54, 1.807) is 4.90 Å². The summed E-state index contributed by atoms with van der Waals surface area (Å²) < 4.78 is 0. The first-order valence-electron chi connectivity index (χ1n) is 4.45. The maximum atomic E-state index is 11.3. The van der Waals surface area contributed by atoms with E-state index in [9.17, 15) is 4.79 Å². The molecule has 0 heterocycles. The van der Waals surface area contributed by atoms with Gasteiger partial charge in [0.25, 0.3) is 0 Å². The molecule has 12 heavy (non-hydrogen) atoms. The highest BCUT2D eigenvalue weighted by atomic mass is 16.2. The first-order valence-corrected chi connectivity index (χ1v) is 4.45. The zero-order chi connectivity index (χ0) is 9.72. The zero-order valence-corrected chi connectivity index (χ0v) is 8.50. The van der Waals surface area contributed by atoms with Crippen molar-refractivity contribution >= 4 is 5.91 Å². The van der Waals surface area contributed by atoms with Crippen LogP contribution in [0, 0.1) is 5.92 Å². The summed E-state index contributed by atoms with van der Waals surface area (Å²) >= 11 is 0. The number of nitrogens with two attached hydrogens (primary N) is 1. The van der Waals surface area contributed by atoms with Crippen molar-refractivity contribution in [1.82, 2.24) is 4.90 Å². The van der Waals surface area contributed by atoms with Crippen LogP contribution in [0.2, 0.25) is 0 Å². The van der Waals surface area contributed by atoms with Crippen LogP contribution in [0.5, 0.6) is 0 Å². The van der Waals surface area contributed by atoms with Crippen molar-refractivity contribution in [2.24, 2.45) is 11.7 Å². The normalized spacial score (nSPS) is 13.2. The van der Waals surface area contributed by atoms with Gasteiger partial charge in [-0.25, -0.2) is 0 Å². The first kappa shape index (κ1) is 11.4. The molecule has 3 heteroatoms. The average molecular weight is 172 g/mol. The topological polar surface area (TPSA) is 46.3 Å². The predicted octanol–water partition coefficient (Wildman–Crippen LogP) is 0.838. The Balaban J connectivity index is 3.72. The summed E-state index contributed by atoms with van der Waals surface area (Å²) in [6, 6.07) is 0.174. The fraction of sp³-hybridized carbons (Fsp3) is 0.889. The van der Waals surface area contributed by atoms with Gasteiger partial charge in [0.2, 0.25) is 5.91 Å². The third-order valence-electron chi connectivity index (χ3n) is 1.79. The van der Waals surface area contributed by atoms with Crippen molar-refractivity contribution in [2.75, 3.05) is 13.6 Å². The summed E-state index contributed by atoms with van der Waals surface area (Å²) in [6.45, 7) is 6.53. The van der Waals surface area contributed by atoms with E-state index in [0.717, 1.165) is 13.0 Å². The Labute approximate surface area is 74.9 Å². The molecule has 0 spiro atoms. The molecule has 0 aliphatic rings. The highest BCUT2D eigenvalue weighted by Gasteiger charge is 2.12. The second-order valence-corrected chi connectivity index (χ2v) is 3.68. The number of hydrogen-bond donors (Lipinski definition) is 1. The van der Waals surface area contributed by atoms with Gasteiger partial charge in [0.1, 0.15) is 0 Å². The van der Waals surface area contributed by atoms with Crippen molar-refractivity contribution in [2.45, 2.75) is 33.2 Å². The molecule has 0 rings (SSSR count). The highest BCUT2D eigenvalue weighted by molar-refractivity contribution is 5.77. The van der Waals surface area contributed by atoms with Crippen LogP contribution < -0.4 is 5.73 Å². The Kier molecular flexibility index (Phi) is 4.90. The highest BCUT2D eigenvalue weighted by Crippen LogP contribution is 2.00. The maximum Gasteiger partial charge on any atom is 0.224 e. The Morgan fingerprint density at radius 2 is 1.92 bits per heavy atom. The molecule has 1 atom stereocenters. The van der Waals surface area contributed by atoms with E-state index < -0.39 is 0 Å². The largest absolute Gasteiger partial charge is 0.345 e. The smallest absolute Gasteiger partial charge is 0.224 e. The van der Waals surface area contributed by atoms with Gasteiger partial charge in [-0.2, -0.15) is 0 Å². The van der Waals surface area contributed by atoms with Crippen LogP contribution in [-0.2, 0) is 4.79 Å². The number of rotatable bonds is 4. The minimum Gasteiger partial charge on any atom is -0.345 e. The van der Waals surface area contributed by atoms with Crippen molar-refractivity contribution in [3.05, 3.63) is 0 Å². The molecule has 0 radical (unpaired) electrons. The lowest BCUT2D eigenvalue weighted by Gasteiger charge is -2.20. The van der Waals surface area contributed by atoms with Crippen molar-refractivity contribution in [3.63, 3.8) is 0 Å². The standard InChI is InChI=1S/C9H20N2O/c1-7(2)9(12)11(4)6-5-8(3)10/h7-8H,5-6,10H2,1-4H3. The third-order valence-corrected chi connectivity index (χ3v) is 1.79. The third kappa shape index (κ3) is 4.34. The molecule has 72 valence electrons. The second-order valence-electron chi connectivity index (χ2n) is 3.68. The van der Waals surface area contributed by atoms with E-state index in [0.29, 0.717) is 0 Å². The quantitative estimate of drug-likeness (QED) is 0.683. The van der Waals surface area contributed by atoms with Crippen LogP contribution in [0.1, 0.15) is 27.2 Å². The molecule has 0 aromatic carbocycles. The zero-order valence-electron chi connectivity index (χ0n) is 8.50. The average Bonchev–Trinajstić information content (AvgIpc) is 1.98. The van der Waals surface area contributed by atoms with E-state index in [-0.39, 0.29) is 17.9 Å². The summed E-state index contributed by atoms with van der Waals surface area (Å²) in [5, 5.41) is 0. The van der Waals surface area contributed by atoms with Gasteiger partial charge < -0.3 is 10.6 Å². The molecular formula is C9H20N2O. The summed E-state index contributed by atoms with van der Waals surface area (Å²) in [5.74, 6) is 0.277. The molecule has 0 aliphatic carbocycles. The van der Waals surface area contributed by atoms with Gasteiger partial charge in [-0.3, -0.25) is 4.79 Å². The van der Waals surface area contributed by atoms with Crippen LogP contribution in [0.3, 0.4) is 0 Å². The number of carbonyl (C=O) groups excluding carboxylic acids is 1. The van der Waals surface area contributed by atoms with Gasteiger partial charge in [-0.1, -0.05) is 13.8 Å². The lowest BCUT2D eigenvalue weighted by atomic mass is 10.2. The van der Waals surface area contributed by atoms with E-state index in [4.69, 9.17) is 5.73 Å². The molecule has 1 unspecified atom stereocenters. The number of nitrogens with zero attached hydrogens (tertiary/aromatic N) is 1. The first-order chi connectivity index (χ1) is 5.45. The molecule has 1 amide bonds. The molecule has 0 bridgehead atoms. The van der Waals surface area contributed by atoms with E-state index in [1.807, 2.05) is 27.8 Å². The molecule has 2 N–H and O–H groups in total. The molecular weight excluding hydrogens is 152 g/mol. The van der Waals surface area contributed by atoms with Gasteiger partial charge in [-0.05, 0) is 13.3 Å². The van der Waals surface area contributed by atoms with Gasteiger partial charge >= 0.3 is 0 Å². The molecule has 0 aliphatic heterocycles. The van der Waals surface area contributed by atoms with Crippen LogP contribution in [0.4, 0.5) is 0 Å². The lowest BCUT2D eigenvalue weighted by molar-refractivity contribution is -0.133.